The normalized spacial score (nSPS) is 21.3. The molecule has 2 aliphatic heterocycles. The van der Waals surface area contributed by atoms with E-state index in [2.05, 4.69) is 4.99 Å². The monoisotopic (exact) mass is 262 g/mol. The van der Waals surface area contributed by atoms with Crippen LogP contribution in [0.15, 0.2) is 29.3 Å². The summed E-state index contributed by atoms with van der Waals surface area (Å²) in [5.74, 6) is -1.12. The molecule has 6 heteroatoms. The molecule has 0 aromatic heterocycles. The third-order valence-electron chi connectivity index (χ3n) is 2.92. The number of carboxylic acids is 1. The van der Waals surface area contributed by atoms with E-state index < -0.39 is 11.2 Å². The van der Waals surface area contributed by atoms with Crippen LogP contribution in [0.5, 0.6) is 0 Å². The summed E-state index contributed by atoms with van der Waals surface area (Å²) >= 11 is 1.24. The number of fused-ring (bicyclic) bond motifs is 2. The molecule has 1 fully saturated rings. The van der Waals surface area contributed by atoms with Crippen molar-refractivity contribution in [3.05, 3.63) is 29.8 Å². The van der Waals surface area contributed by atoms with Crippen LogP contribution in [0.1, 0.15) is 12.0 Å². The van der Waals surface area contributed by atoms with Crippen molar-refractivity contribution in [2.24, 2.45) is 4.99 Å². The molecule has 3 rings (SSSR count). The molecule has 1 saturated heterocycles. The van der Waals surface area contributed by atoms with E-state index in [-0.39, 0.29) is 12.3 Å². The molecule has 0 aliphatic carbocycles. The van der Waals surface area contributed by atoms with Crippen molar-refractivity contribution in [1.29, 1.82) is 0 Å². The number of amidine groups is 1. The molecule has 1 N–H and O–H groups in total. The number of hydrogen-bond donors (Lipinski definition) is 1. The summed E-state index contributed by atoms with van der Waals surface area (Å²) in [5.41, 5.74) is 1.85. The van der Waals surface area contributed by atoms with Crippen molar-refractivity contribution in [3.8, 4) is 0 Å². The lowest BCUT2D eigenvalue weighted by Gasteiger charge is -2.21. The minimum absolute atomic E-state index is 0.157. The first-order valence-electron chi connectivity index (χ1n) is 5.51. The van der Waals surface area contributed by atoms with Gasteiger partial charge in [-0.1, -0.05) is 30.0 Å². The van der Waals surface area contributed by atoms with E-state index >= 15 is 0 Å². The molecule has 0 saturated carbocycles. The molecule has 5 nitrogen and oxygen atoms in total. The van der Waals surface area contributed by atoms with Gasteiger partial charge in [-0.25, -0.2) is 4.99 Å². The minimum atomic E-state index is -0.959. The van der Waals surface area contributed by atoms with Crippen LogP contribution >= 0.6 is 11.8 Å². The van der Waals surface area contributed by atoms with Gasteiger partial charge in [0.1, 0.15) is 5.25 Å². The summed E-state index contributed by atoms with van der Waals surface area (Å²) < 4.78 is 0. The lowest BCUT2D eigenvalue weighted by Crippen LogP contribution is -2.33. The maximum absolute atomic E-state index is 12.0. The molecule has 1 unspecified atom stereocenters. The second kappa shape index (κ2) is 4.13. The van der Waals surface area contributed by atoms with Crippen LogP contribution in [0.25, 0.3) is 0 Å². The summed E-state index contributed by atoms with van der Waals surface area (Å²) in [6.07, 6.45) is -0.157. The molecule has 92 valence electrons. The Balaban J connectivity index is 1.91. The third kappa shape index (κ3) is 1.78. The van der Waals surface area contributed by atoms with Gasteiger partial charge in [-0.05, 0) is 11.6 Å². The van der Waals surface area contributed by atoms with Gasteiger partial charge in [0, 0.05) is 0 Å². The molecular formula is C12H10N2O3S. The van der Waals surface area contributed by atoms with E-state index in [1.165, 1.54) is 11.8 Å². The zero-order valence-corrected chi connectivity index (χ0v) is 10.2. The number of rotatable bonds is 2. The third-order valence-corrected chi connectivity index (χ3v) is 4.09. The molecule has 1 aromatic carbocycles. The molecule has 0 bridgehead atoms. The molecule has 18 heavy (non-hydrogen) atoms. The van der Waals surface area contributed by atoms with E-state index in [0.29, 0.717) is 11.7 Å². The Kier molecular flexibility index (Phi) is 2.59. The highest BCUT2D eigenvalue weighted by Gasteiger charge is 2.40. The van der Waals surface area contributed by atoms with Crippen molar-refractivity contribution in [2.45, 2.75) is 18.2 Å². The fraction of sp³-hybridized carbons (Fsp3) is 0.250. The van der Waals surface area contributed by atoms with Gasteiger partial charge in [0.05, 0.1) is 18.7 Å². The number of amides is 1. The van der Waals surface area contributed by atoms with Crippen molar-refractivity contribution >= 4 is 34.5 Å². The van der Waals surface area contributed by atoms with Crippen LogP contribution < -0.4 is 0 Å². The van der Waals surface area contributed by atoms with Crippen molar-refractivity contribution in [2.75, 3.05) is 0 Å². The zero-order valence-electron chi connectivity index (χ0n) is 9.37. The predicted octanol–water partition coefficient (Wildman–Crippen LogP) is 1.61. The van der Waals surface area contributed by atoms with Gasteiger partial charge in [0.25, 0.3) is 0 Å². The van der Waals surface area contributed by atoms with E-state index in [9.17, 15) is 9.59 Å². The Bertz CT molecular complexity index is 570. The van der Waals surface area contributed by atoms with Gasteiger partial charge < -0.3 is 5.11 Å². The standard InChI is InChI=1S/C12H10N2O3S/c15-10(16)5-9-11(17)14-6-7-3-1-2-4-8(7)13-12(14)18-9/h1-4,9H,5-6H2,(H,15,16). The maximum Gasteiger partial charge on any atom is 0.305 e. The topological polar surface area (TPSA) is 70.0 Å². The van der Waals surface area contributed by atoms with Gasteiger partial charge in [-0.2, -0.15) is 0 Å². The van der Waals surface area contributed by atoms with E-state index in [1.807, 2.05) is 24.3 Å². The average Bonchev–Trinajstić information content (AvgIpc) is 2.63. The number of aliphatic imine (C=N–C) groups is 1. The number of carboxylic acid groups (broad SMARTS) is 1. The van der Waals surface area contributed by atoms with E-state index in [0.717, 1.165) is 11.3 Å². The smallest absolute Gasteiger partial charge is 0.305 e. The Labute approximate surface area is 108 Å². The van der Waals surface area contributed by atoms with Gasteiger partial charge in [0.2, 0.25) is 5.91 Å². The Morgan fingerprint density at radius 2 is 2.28 bits per heavy atom. The summed E-state index contributed by atoms with van der Waals surface area (Å²) in [4.78, 5) is 28.7. The number of nitrogens with zero attached hydrogens (tertiary/aromatic N) is 2. The lowest BCUT2D eigenvalue weighted by molar-refractivity contribution is -0.139. The predicted molar refractivity (Wildman–Crippen MR) is 67.7 cm³/mol. The van der Waals surface area contributed by atoms with Crippen LogP contribution in [0, 0.1) is 0 Å². The molecule has 0 radical (unpaired) electrons. The SMILES string of the molecule is O=C(O)CC1SC2=Nc3ccccc3CN2C1=O. The highest BCUT2D eigenvalue weighted by molar-refractivity contribution is 8.15. The van der Waals surface area contributed by atoms with Gasteiger partial charge >= 0.3 is 5.97 Å². The lowest BCUT2D eigenvalue weighted by atomic mass is 10.1. The number of carbonyl (C=O) groups is 2. The highest BCUT2D eigenvalue weighted by Crippen LogP contribution is 2.37. The molecule has 2 heterocycles. The fourth-order valence-electron chi connectivity index (χ4n) is 2.06. The van der Waals surface area contributed by atoms with E-state index in [4.69, 9.17) is 5.11 Å². The molecular weight excluding hydrogens is 252 g/mol. The summed E-state index contributed by atoms with van der Waals surface area (Å²) in [6.45, 7) is 0.483. The molecule has 0 spiro atoms. The van der Waals surface area contributed by atoms with E-state index in [1.54, 1.807) is 4.90 Å². The van der Waals surface area contributed by atoms with Crippen molar-refractivity contribution in [3.63, 3.8) is 0 Å². The fourth-order valence-corrected chi connectivity index (χ4v) is 3.20. The van der Waals surface area contributed by atoms with Gasteiger partial charge in [0.15, 0.2) is 5.17 Å². The van der Waals surface area contributed by atoms with Crippen LogP contribution in [0.3, 0.4) is 0 Å². The summed E-state index contributed by atoms with van der Waals surface area (Å²) in [7, 11) is 0. The Morgan fingerprint density at radius 1 is 1.50 bits per heavy atom. The first-order valence-corrected chi connectivity index (χ1v) is 6.39. The zero-order chi connectivity index (χ0) is 12.7. The second-order valence-corrected chi connectivity index (χ2v) is 5.32. The van der Waals surface area contributed by atoms with Crippen LogP contribution in [0.4, 0.5) is 5.69 Å². The summed E-state index contributed by atoms with van der Waals surface area (Å²) in [6, 6.07) is 7.63. The van der Waals surface area contributed by atoms with Crippen LogP contribution in [-0.2, 0) is 16.1 Å². The molecule has 1 amide bonds. The van der Waals surface area contributed by atoms with Crippen LogP contribution in [0.2, 0.25) is 0 Å². The van der Waals surface area contributed by atoms with Gasteiger partial charge in [-0.3, -0.25) is 14.5 Å². The molecule has 1 aromatic rings. The summed E-state index contributed by atoms with van der Waals surface area (Å²) in [5, 5.41) is 8.84. The number of thioether (sulfide) groups is 1. The average molecular weight is 262 g/mol. The van der Waals surface area contributed by atoms with Crippen molar-refractivity contribution < 1.29 is 14.7 Å². The quantitative estimate of drug-likeness (QED) is 0.879. The Hall–Kier alpha value is -1.82. The first-order chi connectivity index (χ1) is 8.65. The second-order valence-electron chi connectivity index (χ2n) is 4.15. The first kappa shape index (κ1) is 11.3. The number of benzene rings is 1. The number of para-hydroxylation sites is 1. The highest BCUT2D eigenvalue weighted by atomic mass is 32.2. The van der Waals surface area contributed by atoms with Gasteiger partial charge in [-0.15, -0.1) is 0 Å². The number of hydrogen-bond acceptors (Lipinski definition) is 4. The largest absolute Gasteiger partial charge is 0.481 e. The molecule has 2 aliphatic rings. The Morgan fingerprint density at radius 3 is 3.06 bits per heavy atom. The van der Waals surface area contributed by atoms with Crippen molar-refractivity contribution in [1.82, 2.24) is 4.90 Å². The number of carbonyl (C=O) groups excluding carboxylic acids is 1. The maximum atomic E-state index is 12.0. The molecule has 1 atom stereocenters. The van der Waals surface area contributed by atoms with Crippen LogP contribution in [-0.4, -0.2) is 32.3 Å². The minimum Gasteiger partial charge on any atom is -0.481 e. The number of aliphatic carboxylic acids is 1.